The van der Waals surface area contributed by atoms with Crippen molar-refractivity contribution in [3.05, 3.63) is 29.3 Å². The molecule has 0 aliphatic rings. The first-order valence-corrected chi connectivity index (χ1v) is 5.39. The molecule has 2 heteroatoms. The summed E-state index contributed by atoms with van der Waals surface area (Å²) in [6.07, 6.45) is 0. The van der Waals surface area contributed by atoms with Gasteiger partial charge >= 0.3 is 0 Å². The minimum absolute atomic E-state index is 0.00144. The lowest BCUT2D eigenvalue weighted by Gasteiger charge is -2.37. The van der Waals surface area contributed by atoms with Crippen molar-refractivity contribution in [2.24, 2.45) is 5.73 Å². The summed E-state index contributed by atoms with van der Waals surface area (Å²) in [6, 6.07) is 6.52. The summed E-state index contributed by atoms with van der Waals surface area (Å²) >= 11 is 0. The molecule has 1 rings (SSSR count). The Balaban J connectivity index is 3.10. The van der Waals surface area contributed by atoms with Crippen molar-refractivity contribution in [1.82, 2.24) is 0 Å². The summed E-state index contributed by atoms with van der Waals surface area (Å²) in [5.41, 5.74) is 9.64. The molecule has 0 unspecified atom stereocenters. The van der Waals surface area contributed by atoms with Gasteiger partial charge in [-0.2, -0.15) is 0 Å². The maximum Gasteiger partial charge on any atom is 0.0464 e. The van der Waals surface area contributed by atoms with Crippen LogP contribution in [-0.2, 0) is 0 Å². The van der Waals surface area contributed by atoms with E-state index in [1.807, 2.05) is 0 Å². The topological polar surface area (TPSA) is 29.3 Å². The van der Waals surface area contributed by atoms with Crippen molar-refractivity contribution in [3.63, 3.8) is 0 Å². The number of anilines is 1. The van der Waals surface area contributed by atoms with Gasteiger partial charge in [0, 0.05) is 24.8 Å². The van der Waals surface area contributed by atoms with Crippen LogP contribution in [0.2, 0.25) is 0 Å². The fraction of sp³-hybridized carbons (Fsp3) is 0.538. The van der Waals surface area contributed by atoms with Crippen molar-refractivity contribution < 1.29 is 0 Å². The largest absolute Gasteiger partial charge is 0.368 e. The maximum absolute atomic E-state index is 5.79. The molecular weight excluding hydrogens is 184 g/mol. The van der Waals surface area contributed by atoms with Crippen LogP contribution in [0.4, 0.5) is 5.69 Å². The molecule has 0 amide bonds. The van der Waals surface area contributed by atoms with Crippen LogP contribution in [0, 0.1) is 13.8 Å². The first-order chi connectivity index (χ1) is 6.88. The van der Waals surface area contributed by atoms with E-state index >= 15 is 0 Å². The van der Waals surface area contributed by atoms with Crippen LogP contribution < -0.4 is 10.6 Å². The first kappa shape index (κ1) is 12.1. The molecule has 1 aromatic carbocycles. The van der Waals surface area contributed by atoms with Crippen LogP contribution in [0.25, 0.3) is 0 Å². The zero-order valence-electron chi connectivity index (χ0n) is 10.5. The normalized spacial score (nSPS) is 11.6. The predicted octanol–water partition coefficient (Wildman–Crippen LogP) is 2.48. The number of benzene rings is 1. The van der Waals surface area contributed by atoms with Gasteiger partial charge in [-0.25, -0.2) is 0 Å². The predicted molar refractivity (Wildman–Crippen MR) is 67.5 cm³/mol. The van der Waals surface area contributed by atoms with Crippen LogP contribution >= 0.6 is 0 Å². The van der Waals surface area contributed by atoms with Crippen LogP contribution in [0.5, 0.6) is 0 Å². The van der Waals surface area contributed by atoms with E-state index in [1.54, 1.807) is 0 Å². The van der Waals surface area contributed by atoms with Crippen molar-refractivity contribution in [1.29, 1.82) is 0 Å². The highest BCUT2D eigenvalue weighted by molar-refractivity contribution is 5.56. The van der Waals surface area contributed by atoms with Gasteiger partial charge in [-0.3, -0.25) is 0 Å². The SMILES string of the molecule is Cc1ccc(C)c(N(C)C(C)(C)CN)c1. The molecular formula is C13H22N2. The molecule has 2 N–H and O–H groups in total. The Morgan fingerprint density at radius 2 is 1.87 bits per heavy atom. The van der Waals surface area contributed by atoms with E-state index in [1.165, 1.54) is 16.8 Å². The lowest BCUT2D eigenvalue weighted by molar-refractivity contribution is 0.498. The third-order valence-electron chi connectivity index (χ3n) is 3.13. The van der Waals surface area contributed by atoms with E-state index in [-0.39, 0.29) is 5.54 Å². The van der Waals surface area contributed by atoms with Crippen LogP contribution in [0.3, 0.4) is 0 Å². The molecule has 0 atom stereocenters. The Kier molecular flexibility index (Phi) is 3.40. The van der Waals surface area contributed by atoms with Crippen molar-refractivity contribution in [2.45, 2.75) is 33.2 Å². The van der Waals surface area contributed by atoms with Crippen LogP contribution in [-0.4, -0.2) is 19.1 Å². The second kappa shape index (κ2) is 4.23. The molecule has 0 saturated carbocycles. The minimum Gasteiger partial charge on any atom is -0.368 e. The molecule has 0 bridgehead atoms. The van der Waals surface area contributed by atoms with E-state index in [4.69, 9.17) is 5.73 Å². The Bertz CT molecular complexity index is 342. The molecule has 2 nitrogen and oxygen atoms in total. The number of hydrogen-bond donors (Lipinski definition) is 1. The van der Waals surface area contributed by atoms with Gasteiger partial charge in [-0.1, -0.05) is 12.1 Å². The summed E-state index contributed by atoms with van der Waals surface area (Å²) in [6.45, 7) is 9.23. The molecule has 0 spiro atoms. The van der Waals surface area contributed by atoms with Gasteiger partial charge in [0.05, 0.1) is 0 Å². The van der Waals surface area contributed by atoms with Gasteiger partial charge in [-0.15, -0.1) is 0 Å². The summed E-state index contributed by atoms with van der Waals surface area (Å²) in [5.74, 6) is 0. The molecule has 15 heavy (non-hydrogen) atoms. The summed E-state index contributed by atoms with van der Waals surface area (Å²) < 4.78 is 0. The number of nitrogens with zero attached hydrogens (tertiary/aromatic N) is 1. The molecule has 0 radical (unpaired) electrons. The number of nitrogens with two attached hydrogens (primary N) is 1. The first-order valence-electron chi connectivity index (χ1n) is 5.39. The maximum atomic E-state index is 5.79. The van der Waals surface area contributed by atoms with Crippen LogP contribution in [0.15, 0.2) is 18.2 Å². The Labute approximate surface area is 93.1 Å². The highest BCUT2D eigenvalue weighted by Crippen LogP contribution is 2.26. The molecule has 0 aromatic heterocycles. The molecule has 0 fully saturated rings. The fourth-order valence-corrected chi connectivity index (χ4v) is 1.54. The van der Waals surface area contributed by atoms with Gasteiger partial charge in [0.1, 0.15) is 0 Å². The summed E-state index contributed by atoms with van der Waals surface area (Å²) in [7, 11) is 2.11. The molecule has 1 aromatic rings. The number of rotatable bonds is 3. The minimum atomic E-state index is -0.00144. The molecule has 84 valence electrons. The quantitative estimate of drug-likeness (QED) is 0.823. The average molecular weight is 206 g/mol. The van der Waals surface area contributed by atoms with E-state index in [0.29, 0.717) is 6.54 Å². The van der Waals surface area contributed by atoms with Crippen molar-refractivity contribution in [3.8, 4) is 0 Å². The highest BCUT2D eigenvalue weighted by atomic mass is 15.2. The fourth-order valence-electron chi connectivity index (χ4n) is 1.54. The molecule has 0 aliphatic carbocycles. The lowest BCUT2D eigenvalue weighted by atomic mass is 10.0. The zero-order valence-corrected chi connectivity index (χ0v) is 10.5. The zero-order chi connectivity index (χ0) is 11.6. The summed E-state index contributed by atoms with van der Waals surface area (Å²) in [4.78, 5) is 2.26. The van der Waals surface area contributed by atoms with Crippen molar-refractivity contribution in [2.75, 3.05) is 18.5 Å². The molecule has 0 saturated heterocycles. The van der Waals surface area contributed by atoms with E-state index < -0.39 is 0 Å². The highest BCUT2D eigenvalue weighted by Gasteiger charge is 2.22. The number of likely N-dealkylation sites (N-methyl/N-ethyl adjacent to an activating group) is 1. The third kappa shape index (κ3) is 2.51. The monoisotopic (exact) mass is 206 g/mol. The average Bonchev–Trinajstić information content (AvgIpc) is 2.20. The second-order valence-corrected chi connectivity index (χ2v) is 4.87. The van der Waals surface area contributed by atoms with E-state index in [2.05, 4.69) is 57.8 Å². The van der Waals surface area contributed by atoms with Gasteiger partial charge in [0.15, 0.2) is 0 Å². The van der Waals surface area contributed by atoms with Gasteiger partial charge in [-0.05, 0) is 44.9 Å². The Hall–Kier alpha value is -1.02. The second-order valence-electron chi connectivity index (χ2n) is 4.87. The van der Waals surface area contributed by atoms with Gasteiger partial charge in [0.25, 0.3) is 0 Å². The van der Waals surface area contributed by atoms with Gasteiger partial charge in [0.2, 0.25) is 0 Å². The van der Waals surface area contributed by atoms with Crippen molar-refractivity contribution >= 4 is 5.69 Å². The van der Waals surface area contributed by atoms with E-state index in [0.717, 1.165) is 0 Å². The molecule has 0 heterocycles. The Morgan fingerprint density at radius 3 is 2.40 bits per heavy atom. The van der Waals surface area contributed by atoms with Crippen LogP contribution in [0.1, 0.15) is 25.0 Å². The smallest absolute Gasteiger partial charge is 0.0464 e. The third-order valence-corrected chi connectivity index (χ3v) is 3.13. The standard InChI is InChI=1S/C13H22N2/c1-10-6-7-11(2)12(8-10)15(5)13(3,4)9-14/h6-8H,9,14H2,1-5H3. The lowest BCUT2D eigenvalue weighted by Crippen LogP contribution is -2.47. The molecule has 0 aliphatic heterocycles. The summed E-state index contributed by atoms with van der Waals surface area (Å²) in [5, 5.41) is 0. The number of aryl methyl sites for hydroxylation is 2. The van der Waals surface area contributed by atoms with E-state index in [9.17, 15) is 0 Å². The Morgan fingerprint density at radius 1 is 1.27 bits per heavy atom. The number of hydrogen-bond acceptors (Lipinski definition) is 2. The van der Waals surface area contributed by atoms with Gasteiger partial charge < -0.3 is 10.6 Å².